The van der Waals surface area contributed by atoms with E-state index in [1.54, 1.807) is 0 Å². The maximum absolute atomic E-state index is 3.40. The topological polar surface area (TPSA) is 18.5 Å². The first-order chi connectivity index (χ1) is 8.38. The molecule has 1 N–H and O–H groups in total. The molecule has 0 aromatic heterocycles. The Morgan fingerprint density at radius 2 is 1.88 bits per heavy atom. The summed E-state index contributed by atoms with van der Waals surface area (Å²) in [6.45, 7) is 6.62. The fraction of sp³-hybridized carbons (Fsp3) is 1.00. The Bertz CT molecular complexity index is 246. The zero-order chi connectivity index (χ0) is 11.7. The molecule has 3 heteroatoms. The van der Waals surface area contributed by atoms with Crippen molar-refractivity contribution in [1.29, 1.82) is 0 Å². The normalized spacial score (nSPS) is 42.9. The van der Waals surface area contributed by atoms with E-state index < -0.39 is 0 Å². The van der Waals surface area contributed by atoms with Gasteiger partial charge in [-0.05, 0) is 58.3 Å². The lowest BCUT2D eigenvalue weighted by Crippen LogP contribution is -2.61. The van der Waals surface area contributed by atoms with Crippen LogP contribution in [0.4, 0.5) is 0 Å². The average molecular weight is 237 g/mol. The molecular weight excluding hydrogens is 210 g/mol. The molecular formula is C14H27N3. The van der Waals surface area contributed by atoms with Gasteiger partial charge >= 0.3 is 0 Å². The largest absolute Gasteiger partial charge is 0.318 e. The predicted octanol–water partition coefficient (Wildman–Crippen LogP) is 1.15. The van der Waals surface area contributed by atoms with Gasteiger partial charge in [0.25, 0.3) is 0 Å². The third kappa shape index (κ3) is 2.38. The lowest BCUT2D eigenvalue weighted by Gasteiger charge is -2.52. The Labute approximate surface area is 106 Å². The maximum atomic E-state index is 3.40. The zero-order valence-corrected chi connectivity index (χ0v) is 11.2. The molecule has 0 amide bonds. The van der Waals surface area contributed by atoms with Crippen molar-refractivity contribution in [3.05, 3.63) is 0 Å². The summed E-state index contributed by atoms with van der Waals surface area (Å²) >= 11 is 0. The van der Waals surface area contributed by atoms with Crippen LogP contribution in [0.25, 0.3) is 0 Å². The molecule has 0 aliphatic carbocycles. The van der Waals surface area contributed by atoms with Gasteiger partial charge in [0, 0.05) is 25.2 Å². The summed E-state index contributed by atoms with van der Waals surface area (Å²) < 4.78 is 0. The van der Waals surface area contributed by atoms with E-state index in [9.17, 15) is 0 Å². The molecule has 4 fully saturated rings. The van der Waals surface area contributed by atoms with E-state index in [2.05, 4.69) is 22.2 Å². The number of hydrogen-bond acceptors (Lipinski definition) is 3. The smallest absolute Gasteiger partial charge is 0.0255 e. The lowest BCUT2D eigenvalue weighted by molar-refractivity contribution is -0.0256. The molecule has 98 valence electrons. The van der Waals surface area contributed by atoms with E-state index in [1.807, 2.05) is 0 Å². The molecule has 4 saturated heterocycles. The summed E-state index contributed by atoms with van der Waals surface area (Å²) in [5.74, 6) is 0.998. The molecule has 2 atom stereocenters. The highest BCUT2D eigenvalue weighted by Gasteiger charge is 2.40. The van der Waals surface area contributed by atoms with Crippen molar-refractivity contribution in [3.63, 3.8) is 0 Å². The minimum atomic E-state index is 0.805. The SMILES string of the molecule is CNCC1CCCCN1C1CN2CCC1CC2. The number of piperidine rings is 4. The highest BCUT2D eigenvalue weighted by molar-refractivity contribution is 4.95. The summed E-state index contributed by atoms with van der Waals surface area (Å²) in [6.07, 6.45) is 7.17. The zero-order valence-electron chi connectivity index (χ0n) is 11.2. The third-order valence-electron chi connectivity index (χ3n) is 5.16. The number of nitrogens with one attached hydrogen (secondary N) is 1. The number of likely N-dealkylation sites (N-methyl/N-ethyl adjacent to an activating group) is 1. The number of rotatable bonds is 3. The van der Waals surface area contributed by atoms with Gasteiger partial charge in [-0.3, -0.25) is 4.90 Å². The minimum absolute atomic E-state index is 0.805. The Morgan fingerprint density at radius 3 is 2.53 bits per heavy atom. The van der Waals surface area contributed by atoms with Gasteiger partial charge in [-0.15, -0.1) is 0 Å². The van der Waals surface area contributed by atoms with Crippen LogP contribution in [0.1, 0.15) is 32.1 Å². The molecule has 4 rings (SSSR count). The fourth-order valence-electron chi connectivity index (χ4n) is 4.22. The molecule has 4 aliphatic rings. The van der Waals surface area contributed by atoms with Crippen molar-refractivity contribution in [3.8, 4) is 0 Å². The maximum Gasteiger partial charge on any atom is 0.0255 e. The quantitative estimate of drug-likeness (QED) is 0.794. The highest BCUT2D eigenvalue weighted by atomic mass is 15.3. The summed E-state index contributed by atoms with van der Waals surface area (Å²) in [5.41, 5.74) is 0. The standard InChI is InChI=1S/C14H27N3/c1-15-10-13-4-2-3-7-17(13)14-11-16-8-5-12(14)6-9-16/h12-15H,2-11H2,1H3. The molecule has 0 aromatic carbocycles. The molecule has 3 nitrogen and oxygen atoms in total. The van der Waals surface area contributed by atoms with E-state index in [0.29, 0.717) is 0 Å². The second-order valence-corrected chi connectivity index (χ2v) is 6.15. The molecule has 17 heavy (non-hydrogen) atoms. The van der Waals surface area contributed by atoms with Gasteiger partial charge in [-0.1, -0.05) is 6.42 Å². The number of fused-ring (bicyclic) bond motifs is 3. The van der Waals surface area contributed by atoms with E-state index in [4.69, 9.17) is 0 Å². The number of nitrogens with zero attached hydrogens (tertiary/aromatic N) is 2. The van der Waals surface area contributed by atoms with Crippen LogP contribution in [0.2, 0.25) is 0 Å². The average Bonchev–Trinajstić information content (AvgIpc) is 2.41. The Kier molecular flexibility index (Phi) is 3.69. The number of likely N-dealkylation sites (tertiary alicyclic amines) is 1. The molecule has 4 aliphatic heterocycles. The Hall–Kier alpha value is -0.120. The summed E-state index contributed by atoms with van der Waals surface area (Å²) in [7, 11) is 2.10. The number of hydrogen-bond donors (Lipinski definition) is 1. The molecule has 0 aromatic rings. The molecule has 0 spiro atoms. The van der Waals surface area contributed by atoms with Crippen molar-refractivity contribution in [2.45, 2.75) is 44.2 Å². The van der Waals surface area contributed by atoms with Gasteiger partial charge in [0.1, 0.15) is 0 Å². The summed E-state index contributed by atoms with van der Waals surface area (Å²) in [4.78, 5) is 5.55. The van der Waals surface area contributed by atoms with E-state index in [0.717, 1.165) is 18.0 Å². The Balaban J connectivity index is 1.68. The molecule has 2 unspecified atom stereocenters. The van der Waals surface area contributed by atoms with Crippen molar-refractivity contribution in [2.24, 2.45) is 5.92 Å². The Morgan fingerprint density at radius 1 is 1.06 bits per heavy atom. The van der Waals surface area contributed by atoms with Crippen LogP contribution in [0.5, 0.6) is 0 Å². The monoisotopic (exact) mass is 237 g/mol. The molecule has 4 heterocycles. The van der Waals surface area contributed by atoms with Gasteiger partial charge < -0.3 is 10.2 Å². The van der Waals surface area contributed by atoms with Gasteiger partial charge in [-0.25, -0.2) is 0 Å². The van der Waals surface area contributed by atoms with Gasteiger partial charge in [-0.2, -0.15) is 0 Å². The highest BCUT2D eigenvalue weighted by Crippen LogP contribution is 2.33. The van der Waals surface area contributed by atoms with Crippen LogP contribution >= 0.6 is 0 Å². The second kappa shape index (κ2) is 5.25. The summed E-state index contributed by atoms with van der Waals surface area (Å²) in [6, 6.07) is 1.68. The van der Waals surface area contributed by atoms with Crippen molar-refractivity contribution in [1.82, 2.24) is 15.1 Å². The lowest BCUT2D eigenvalue weighted by atomic mass is 9.81. The van der Waals surface area contributed by atoms with Crippen molar-refractivity contribution in [2.75, 3.05) is 39.8 Å². The predicted molar refractivity (Wildman–Crippen MR) is 71.2 cm³/mol. The molecule has 2 bridgehead atoms. The van der Waals surface area contributed by atoms with Gasteiger partial charge in [0.15, 0.2) is 0 Å². The third-order valence-corrected chi connectivity index (χ3v) is 5.16. The van der Waals surface area contributed by atoms with Gasteiger partial charge in [0.05, 0.1) is 0 Å². The van der Waals surface area contributed by atoms with E-state index >= 15 is 0 Å². The summed E-state index contributed by atoms with van der Waals surface area (Å²) in [5, 5.41) is 3.40. The van der Waals surface area contributed by atoms with E-state index in [1.165, 1.54) is 64.8 Å². The van der Waals surface area contributed by atoms with Crippen molar-refractivity contribution >= 4 is 0 Å². The van der Waals surface area contributed by atoms with Crippen LogP contribution in [0, 0.1) is 5.92 Å². The minimum Gasteiger partial charge on any atom is -0.318 e. The first-order valence-electron chi connectivity index (χ1n) is 7.51. The first-order valence-corrected chi connectivity index (χ1v) is 7.51. The fourth-order valence-corrected chi connectivity index (χ4v) is 4.22. The second-order valence-electron chi connectivity index (χ2n) is 6.15. The van der Waals surface area contributed by atoms with Crippen LogP contribution in [-0.4, -0.2) is 61.7 Å². The molecule has 0 radical (unpaired) electrons. The van der Waals surface area contributed by atoms with E-state index in [-0.39, 0.29) is 0 Å². The van der Waals surface area contributed by atoms with Crippen molar-refractivity contribution < 1.29 is 0 Å². The molecule has 0 saturated carbocycles. The first kappa shape index (κ1) is 11.9. The van der Waals surface area contributed by atoms with Crippen LogP contribution in [0.3, 0.4) is 0 Å². The van der Waals surface area contributed by atoms with Crippen LogP contribution in [-0.2, 0) is 0 Å². The van der Waals surface area contributed by atoms with Crippen LogP contribution in [0.15, 0.2) is 0 Å². The van der Waals surface area contributed by atoms with Gasteiger partial charge in [0.2, 0.25) is 0 Å². The van der Waals surface area contributed by atoms with Crippen LogP contribution < -0.4 is 5.32 Å².